The summed E-state index contributed by atoms with van der Waals surface area (Å²) in [6.07, 6.45) is 1.85. The summed E-state index contributed by atoms with van der Waals surface area (Å²) in [5.41, 5.74) is 1.87. The molecule has 0 spiro atoms. The van der Waals surface area contributed by atoms with E-state index >= 15 is 0 Å². The summed E-state index contributed by atoms with van der Waals surface area (Å²) >= 11 is 0. The summed E-state index contributed by atoms with van der Waals surface area (Å²) in [4.78, 5) is 30.1. The van der Waals surface area contributed by atoms with Crippen molar-refractivity contribution in [1.82, 2.24) is 9.80 Å². The zero-order chi connectivity index (χ0) is 24.8. The second kappa shape index (κ2) is 11.4. The molecule has 0 aliphatic carbocycles. The van der Waals surface area contributed by atoms with E-state index in [2.05, 4.69) is 24.3 Å². The van der Waals surface area contributed by atoms with Crippen LogP contribution in [0.5, 0.6) is 0 Å². The first-order valence-corrected chi connectivity index (χ1v) is 12.3. The lowest BCUT2D eigenvalue weighted by atomic mass is 9.99. The molecule has 0 saturated carbocycles. The zero-order valence-corrected chi connectivity index (χ0v) is 20.7. The standard InChI is InChI=1S/C29H34N2O4/c1-21-10-9-15-27(35-21)31(29(33)34-20-22-11-5-4-6-12-22)26(28(32)30(2)3)19-23-16-17-24-13-7-8-14-25(24)18-23/h4-8,11-14,16-18,21,26-27H,9-10,15,19-20H2,1-3H3/t21-,26+,27-/m1/s1. The predicted octanol–water partition coefficient (Wildman–Crippen LogP) is 5.39. The fraction of sp³-hybridized carbons (Fsp3) is 0.379. The molecule has 1 heterocycles. The van der Waals surface area contributed by atoms with Crippen molar-refractivity contribution >= 4 is 22.8 Å². The van der Waals surface area contributed by atoms with Crippen LogP contribution in [-0.2, 0) is 27.3 Å². The number of carbonyl (C=O) groups excluding carboxylic acids is 2. The summed E-state index contributed by atoms with van der Waals surface area (Å²) in [5, 5.41) is 2.23. The average molecular weight is 475 g/mol. The third-order valence-electron chi connectivity index (χ3n) is 6.48. The predicted molar refractivity (Wildman–Crippen MR) is 137 cm³/mol. The van der Waals surface area contributed by atoms with E-state index in [0.29, 0.717) is 12.8 Å². The van der Waals surface area contributed by atoms with Crippen LogP contribution in [0, 0.1) is 0 Å². The molecule has 0 unspecified atom stereocenters. The molecular formula is C29H34N2O4. The van der Waals surface area contributed by atoms with Crippen LogP contribution < -0.4 is 0 Å². The second-order valence-corrected chi connectivity index (χ2v) is 9.41. The third-order valence-corrected chi connectivity index (χ3v) is 6.48. The first-order chi connectivity index (χ1) is 16.9. The Labute approximate surface area is 207 Å². The van der Waals surface area contributed by atoms with Crippen molar-refractivity contribution < 1.29 is 19.1 Å². The fourth-order valence-corrected chi connectivity index (χ4v) is 4.62. The van der Waals surface area contributed by atoms with E-state index in [9.17, 15) is 9.59 Å². The van der Waals surface area contributed by atoms with Crippen LogP contribution in [-0.4, -0.2) is 54.3 Å². The van der Waals surface area contributed by atoms with Gasteiger partial charge < -0.3 is 14.4 Å². The molecule has 1 fully saturated rings. The lowest BCUT2D eigenvalue weighted by Crippen LogP contribution is -2.56. The van der Waals surface area contributed by atoms with E-state index in [1.807, 2.05) is 55.5 Å². The molecule has 4 rings (SSSR count). The number of rotatable bonds is 7. The van der Waals surface area contributed by atoms with Crippen molar-refractivity contribution in [1.29, 1.82) is 0 Å². The van der Waals surface area contributed by atoms with E-state index in [0.717, 1.165) is 34.7 Å². The van der Waals surface area contributed by atoms with Gasteiger partial charge in [-0.2, -0.15) is 0 Å². The van der Waals surface area contributed by atoms with Crippen molar-refractivity contribution in [2.75, 3.05) is 14.1 Å². The molecule has 2 amide bonds. The van der Waals surface area contributed by atoms with Crippen molar-refractivity contribution in [2.24, 2.45) is 0 Å². The highest BCUT2D eigenvalue weighted by molar-refractivity contribution is 5.87. The highest BCUT2D eigenvalue weighted by Gasteiger charge is 2.39. The SMILES string of the molecule is C[C@@H]1CCC[C@H](N(C(=O)OCc2ccccc2)[C@@H](Cc2ccc3ccccc3c2)C(=O)N(C)C)O1. The minimum absolute atomic E-state index is 0.00829. The second-order valence-electron chi connectivity index (χ2n) is 9.41. The number of amides is 2. The number of hydrogen-bond donors (Lipinski definition) is 0. The van der Waals surface area contributed by atoms with Crippen LogP contribution in [0.4, 0.5) is 4.79 Å². The first-order valence-electron chi connectivity index (χ1n) is 12.3. The van der Waals surface area contributed by atoms with E-state index in [1.165, 1.54) is 9.80 Å². The molecular weight excluding hydrogens is 440 g/mol. The molecule has 1 aliphatic heterocycles. The number of benzene rings is 3. The maximum atomic E-state index is 13.5. The topological polar surface area (TPSA) is 59.1 Å². The van der Waals surface area contributed by atoms with E-state index in [4.69, 9.17) is 9.47 Å². The molecule has 3 atom stereocenters. The summed E-state index contributed by atoms with van der Waals surface area (Å²) in [5.74, 6) is -0.156. The van der Waals surface area contributed by atoms with Gasteiger partial charge in [-0.05, 0) is 48.1 Å². The molecule has 1 saturated heterocycles. The van der Waals surface area contributed by atoms with Gasteiger partial charge in [0.15, 0.2) is 0 Å². The van der Waals surface area contributed by atoms with Crippen LogP contribution in [0.1, 0.15) is 37.3 Å². The highest BCUT2D eigenvalue weighted by atomic mass is 16.6. The van der Waals surface area contributed by atoms with Gasteiger partial charge in [0.2, 0.25) is 5.91 Å². The van der Waals surface area contributed by atoms with Crippen molar-refractivity contribution in [3.05, 3.63) is 83.9 Å². The Morgan fingerprint density at radius 1 is 0.943 bits per heavy atom. The van der Waals surface area contributed by atoms with Crippen molar-refractivity contribution in [3.63, 3.8) is 0 Å². The Balaban J connectivity index is 1.65. The van der Waals surface area contributed by atoms with Crippen molar-refractivity contribution in [3.8, 4) is 0 Å². The molecule has 0 bridgehead atoms. The summed E-state index contributed by atoms with van der Waals surface area (Å²) in [6.45, 7) is 2.14. The number of nitrogens with zero attached hydrogens (tertiary/aromatic N) is 2. The van der Waals surface area contributed by atoms with Crippen LogP contribution in [0.25, 0.3) is 10.8 Å². The van der Waals surface area contributed by atoms with Crippen LogP contribution in [0.15, 0.2) is 72.8 Å². The zero-order valence-electron chi connectivity index (χ0n) is 20.7. The number of fused-ring (bicyclic) bond motifs is 1. The van der Waals surface area contributed by atoms with Crippen LogP contribution >= 0.6 is 0 Å². The maximum absolute atomic E-state index is 13.5. The summed E-state index contributed by atoms with van der Waals surface area (Å²) < 4.78 is 11.9. The highest BCUT2D eigenvalue weighted by Crippen LogP contribution is 2.27. The lowest BCUT2D eigenvalue weighted by Gasteiger charge is -2.40. The van der Waals surface area contributed by atoms with Gasteiger partial charge in [0, 0.05) is 20.5 Å². The Hall–Kier alpha value is -3.38. The van der Waals surface area contributed by atoms with Crippen LogP contribution in [0.2, 0.25) is 0 Å². The fourth-order valence-electron chi connectivity index (χ4n) is 4.62. The molecule has 0 radical (unpaired) electrons. The normalized spacial score (nSPS) is 18.6. The third kappa shape index (κ3) is 6.20. The largest absolute Gasteiger partial charge is 0.444 e. The molecule has 3 aromatic carbocycles. The smallest absolute Gasteiger partial charge is 0.412 e. The Bertz CT molecular complexity index is 1150. The van der Waals surface area contributed by atoms with Gasteiger partial charge >= 0.3 is 6.09 Å². The molecule has 1 aliphatic rings. The number of ether oxygens (including phenoxy) is 2. The van der Waals surface area contributed by atoms with Gasteiger partial charge in [-0.15, -0.1) is 0 Å². The van der Waals surface area contributed by atoms with Gasteiger partial charge in [-0.1, -0.05) is 72.8 Å². The maximum Gasteiger partial charge on any atom is 0.412 e. The molecule has 35 heavy (non-hydrogen) atoms. The summed E-state index contributed by atoms with van der Waals surface area (Å²) in [6, 6.07) is 23.1. The molecule has 6 heteroatoms. The van der Waals surface area contributed by atoms with Crippen molar-refractivity contribution in [2.45, 2.75) is 57.6 Å². The van der Waals surface area contributed by atoms with Gasteiger partial charge in [0.05, 0.1) is 6.10 Å². The number of carbonyl (C=O) groups is 2. The van der Waals surface area contributed by atoms with Gasteiger partial charge in [0.25, 0.3) is 0 Å². The molecule has 184 valence electrons. The Morgan fingerprint density at radius 2 is 1.66 bits per heavy atom. The average Bonchev–Trinajstić information content (AvgIpc) is 2.87. The molecule has 0 N–H and O–H groups in total. The van der Waals surface area contributed by atoms with Gasteiger partial charge in [-0.3, -0.25) is 9.69 Å². The number of hydrogen-bond acceptors (Lipinski definition) is 4. The van der Waals surface area contributed by atoms with E-state index < -0.39 is 18.4 Å². The minimum atomic E-state index is -0.746. The monoisotopic (exact) mass is 474 g/mol. The van der Waals surface area contributed by atoms with Gasteiger partial charge in [0.1, 0.15) is 18.9 Å². The first kappa shape index (κ1) is 24.7. The van der Waals surface area contributed by atoms with Crippen LogP contribution in [0.3, 0.4) is 0 Å². The molecule has 0 aromatic heterocycles. The lowest BCUT2D eigenvalue weighted by molar-refractivity contribution is -0.151. The Morgan fingerprint density at radius 3 is 2.37 bits per heavy atom. The van der Waals surface area contributed by atoms with Gasteiger partial charge in [-0.25, -0.2) is 4.79 Å². The summed E-state index contributed by atoms with van der Waals surface area (Å²) in [7, 11) is 3.43. The molecule has 6 nitrogen and oxygen atoms in total. The van der Waals surface area contributed by atoms with E-state index in [1.54, 1.807) is 14.1 Å². The van der Waals surface area contributed by atoms with E-state index in [-0.39, 0.29) is 18.6 Å². The number of likely N-dealkylation sites (N-methyl/N-ethyl adjacent to an activating group) is 1. The Kier molecular flexibility index (Phi) is 8.03. The molecule has 3 aromatic rings. The quantitative estimate of drug-likeness (QED) is 0.461. The minimum Gasteiger partial charge on any atom is -0.444 e.